The van der Waals surface area contributed by atoms with E-state index in [2.05, 4.69) is 21.7 Å². The van der Waals surface area contributed by atoms with Crippen molar-refractivity contribution in [2.45, 2.75) is 26.9 Å². The van der Waals surface area contributed by atoms with Gasteiger partial charge in [0.1, 0.15) is 5.75 Å². The maximum Gasteiger partial charge on any atom is 0.203 e. The number of ether oxygens (including phenoxy) is 4. The molecule has 0 spiro atoms. The molecule has 7 nitrogen and oxygen atoms in total. The standard InChI is InChI=1S/C22H31N3O4.HI/c1-6-23-22(24-14-16-9-8-10-18(11-16)29-7-2)25-15-17-12-19(26-3)21(28-5)20(13-17)27-4;/h8-13H,6-7,14-15H2,1-5H3,(H2,23,24,25);1H. The summed E-state index contributed by atoms with van der Waals surface area (Å²) < 4.78 is 21.8. The number of methoxy groups -OCH3 is 3. The van der Waals surface area contributed by atoms with Crippen molar-refractivity contribution in [2.24, 2.45) is 4.99 Å². The topological polar surface area (TPSA) is 73.3 Å². The van der Waals surface area contributed by atoms with Crippen molar-refractivity contribution < 1.29 is 18.9 Å². The van der Waals surface area contributed by atoms with E-state index >= 15 is 0 Å². The molecule has 0 bridgehead atoms. The van der Waals surface area contributed by atoms with Crippen LogP contribution in [0.2, 0.25) is 0 Å². The molecule has 0 atom stereocenters. The summed E-state index contributed by atoms with van der Waals surface area (Å²) in [5.74, 6) is 3.39. The molecule has 8 heteroatoms. The highest BCUT2D eigenvalue weighted by molar-refractivity contribution is 14.0. The van der Waals surface area contributed by atoms with E-state index in [9.17, 15) is 0 Å². The average molecular weight is 529 g/mol. The molecule has 2 aromatic carbocycles. The van der Waals surface area contributed by atoms with Gasteiger partial charge >= 0.3 is 0 Å². The first-order valence-corrected chi connectivity index (χ1v) is 9.67. The van der Waals surface area contributed by atoms with Gasteiger partial charge in [-0.2, -0.15) is 0 Å². The van der Waals surface area contributed by atoms with Crippen LogP contribution in [-0.4, -0.2) is 40.4 Å². The molecule has 0 aliphatic heterocycles. The van der Waals surface area contributed by atoms with Crippen LogP contribution in [0, 0.1) is 0 Å². The normalized spacial score (nSPS) is 10.6. The molecule has 2 rings (SSSR count). The molecule has 0 saturated carbocycles. The van der Waals surface area contributed by atoms with Gasteiger partial charge in [0, 0.05) is 13.1 Å². The number of halogens is 1. The summed E-state index contributed by atoms with van der Waals surface area (Å²) in [5.41, 5.74) is 2.07. The summed E-state index contributed by atoms with van der Waals surface area (Å²) in [6.45, 7) is 6.53. The lowest BCUT2D eigenvalue weighted by Gasteiger charge is -2.14. The van der Waals surface area contributed by atoms with E-state index in [4.69, 9.17) is 18.9 Å². The molecule has 0 radical (unpaired) electrons. The Labute approximate surface area is 196 Å². The number of rotatable bonds is 10. The van der Waals surface area contributed by atoms with Crippen LogP contribution >= 0.6 is 24.0 Å². The molecule has 0 saturated heterocycles. The Bertz CT molecular complexity index is 790. The van der Waals surface area contributed by atoms with E-state index in [0.717, 1.165) is 29.4 Å². The van der Waals surface area contributed by atoms with Crippen LogP contribution < -0.4 is 29.6 Å². The summed E-state index contributed by atoms with van der Waals surface area (Å²) in [7, 11) is 4.80. The summed E-state index contributed by atoms with van der Waals surface area (Å²) in [6.07, 6.45) is 0. The predicted octanol–water partition coefficient (Wildman–Crippen LogP) is 3.98. The molecule has 0 unspecified atom stereocenters. The van der Waals surface area contributed by atoms with E-state index < -0.39 is 0 Å². The van der Waals surface area contributed by atoms with E-state index in [-0.39, 0.29) is 24.0 Å². The Balaban J connectivity index is 0.00000450. The third-order valence-corrected chi connectivity index (χ3v) is 4.16. The van der Waals surface area contributed by atoms with Crippen LogP contribution in [0.5, 0.6) is 23.0 Å². The summed E-state index contributed by atoms with van der Waals surface area (Å²) in [5, 5.41) is 6.62. The Hall–Kier alpha value is -2.36. The molecule has 0 heterocycles. The number of hydrogen-bond acceptors (Lipinski definition) is 5. The number of guanidine groups is 1. The molecule has 0 aromatic heterocycles. The van der Waals surface area contributed by atoms with Gasteiger partial charge in [0.25, 0.3) is 0 Å². The molecule has 2 aromatic rings. The molecule has 0 amide bonds. The van der Waals surface area contributed by atoms with Crippen molar-refractivity contribution in [1.82, 2.24) is 10.6 Å². The Morgan fingerprint density at radius 2 is 1.60 bits per heavy atom. The largest absolute Gasteiger partial charge is 0.494 e. The fourth-order valence-corrected chi connectivity index (χ4v) is 2.84. The molecule has 30 heavy (non-hydrogen) atoms. The first kappa shape index (κ1) is 25.7. The summed E-state index contributed by atoms with van der Waals surface area (Å²) >= 11 is 0. The van der Waals surface area contributed by atoms with Crippen molar-refractivity contribution in [2.75, 3.05) is 34.5 Å². The third kappa shape index (κ3) is 7.47. The van der Waals surface area contributed by atoms with E-state index in [0.29, 0.717) is 36.9 Å². The predicted molar refractivity (Wildman–Crippen MR) is 131 cm³/mol. The van der Waals surface area contributed by atoms with Crippen molar-refractivity contribution in [3.63, 3.8) is 0 Å². The van der Waals surface area contributed by atoms with Gasteiger partial charge in [-0.1, -0.05) is 12.1 Å². The molecule has 0 aliphatic rings. The Morgan fingerprint density at radius 3 is 2.17 bits per heavy atom. The Morgan fingerprint density at radius 1 is 0.900 bits per heavy atom. The van der Waals surface area contributed by atoms with Gasteiger partial charge in [0.2, 0.25) is 5.75 Å². The molecular weight excluding hydrogens is 497 g/mol. The summed E-state index contributed by atoms with van der Waals surface area (Å²) in [6, 6.07) is 11.8. The first-order valence-electron chi connectivity index (χ1n) is 9.67. The highest BCUT2D eigenvalue weighted by Gasteiger charge is 2.13. The van der Waals surface area contributed by atoms with Crippen LogP contribution in [-0.2, 0) is 13.1 Å². The van der Waals surface area contributed by atoms with Crippen LogP contribution in [0.25, 0.3) is 0 Å². The van der Waals surface area contributed by atoms with Gasteiger partial charge in [0.15, 0.2) is 17.5 Å². The van der Waals surface area contributed by atoms with E-state index in [1.165, 1.54) is 0 Å². The maximum absolute atomic E-state index is 5.56. The molecule has 166 valence electrons. The van der Waals surface area contributed by atoms with Crippen molar-refractivity contribution >= 4 is 29.9 Å². The second kappa shape index (κ2) is 13.8. The quantitative estimate of drug-likeness (QED) is 0.276. The highest BCUT2D eigenvalue weighted by Crippen LogP contribution is 2.38. The van der Waals surface area contributed by atoms with E-state index in [1.54, 1.807) is 21.3 Å². The Kier molecular flexibility index (Phi) is 11.8. The first-order chi connectivity index (χ1) is 14.1. The number of benzene rings is 2. The average Bonchev–Trinajstić information content (AvgIpc) is 2.75. The zero-order chi connectivity index (χ0) is 21.1. The van der Waals surface area contributed by atoms with E-state index in [1.807, 2.05) is 44.2 Å². The van der Waals surface area contributed by atoms with Gasteiger partial charge in [-0.3, -0.25) is 0 Å². The fourth-order valence-electron chi connectivity index (χ4n) is 2.84. The lowest BCUT2D eigenvalue weighted by Crippen LogP contribution is -2.36. The fraction of sp³-hybridized carbons (Fsp3) is 0.409. The lowest BCUT2D eigenvalue weighted by atomic mass is 10.2. The van der Waals surface area contributed by atoms with Gasteiger partial charge in [0.05, 0.1) is 34.5 Å². The number of hydrogen-bond donors (Lipinski definition) is 2. The second-order valence-electron chi connectivity index (χ2n) is 6.16. The molecular formula is C22H32IN3O4. The zero-order valence-corrected chi connectivity index (χ0v) is 20.6. The number of nitrogens with zero attached hydrogens (tertiary/aromatic N) is 1. The number of nitrogens with one attached hydrogen (secondary N) is 2. The smallest absolute Gasteiger partial charge is 0.203 e. The van der Waals surface area contributed by atoms with Crippen molar-refractivity contribution in [3.05, 3.63) is 47.5 Å². The minimum Gasteiger partial charge on any atom is -0.494 e. The van der Waals surface area contributed by atoms with Gasteiger partial charge in [-0.25, -0.2) is 4.99 Å². The van der Waals surface area contributed by atoms with Gasteiger partial charge < -0.3 is 29.6 Å². The number of aliphatic imine (C=N–C) groups is 1. The third-order valence-electron chi connectivity index (χ3n) is 4.16. The minimum absolute atomic E-state index is 0. The van der Waals surface area contributed by atoms with Gasteiger partial charge in [-0.05, 0) is 49.2 Å². The van der Waals surface area contributed by atoms with Crippen LogP contribution in [0.15, 0.2) is 41.4 Å². The van der Waals surface area contributed by atoms with Crippen LogP contribution in [0.4, 0.5) is 0 Å². The minimum atomic E-state index is 0. The van der Waals surface area contributed by atoms with Crippen LogP contribution in [0.3, 0.4) is 0 Å². The maximum atomic E-state index is 5.56. The van der Waals surface area contributed by atoms with Crippen molar-refractivity contribution in [3.8, 4) is 23.0 Å². The zero-order valence-electron chi connectivity index (χ0n) is 18.3. The highest BCUT2D eigenvalue weighted by atomic mass is 127. The van der Waals surface area contributed by atoms with Crippen LogP contribution in [0.1, 0.15) is 25.0 Å². The van der Waals surface area contributed by atoms with Gasteiger partial charge in [-0.15, -0.1) is 24.0 Å². The summed E-state index contributed by atoms with van der Waals surface area (Å²) in [4.78, 5) is 4.68. The SMILES string of the molecule is CCNC(=NCc1cc(OC)c(OC)c(OC)c1)NCc1cccc(OCC)c1.I. The molecule has 0 fully saturated rings. The van der Waals surface area contributed by atoms with Crippen molar-refractivity contribution in [1.29, 1.82) is 0 Å². The lowest BCUT2D eigenvalue weighted by molar-refractivity contribution is 0.324. The second-order valence-corrected chi connectivity index (χ2v) is 6.16. The molecule has 0 aliphatic carbocycles. The monoisotopic (exact) mass is 529 g/mol. The molecule has 2 N–H and O–H groups in total.